The van der Waals surface area contributed by atoms with Crippen LogP contribution >= 0.6 is 34.8 Å². The quantitative estimate of drug-likeness (QED) is 0.200. The van der Waals surface area contributed by atoms with Crippen LogP contribution in [0, 0.1) is 6.92 Å². The normalized spacial score (nSPS) is 12.9. The summed E-state index contributed by atoms with van der Waals surface area (Å²) >= 11 is 17.5. The molecule has 1 unspecified atom stereocenters. The number of halogens is 7. The van der Waals surface area contributed by atoms with E-state index >= 15 is 0 Å². The van der Waals surface area contributed by atoms with Crippen LogP contribution in [-0.4, -0.2) is 22.1 Å². The van der Waals surface area contributed by atoms with E-state index in [0.29, 0.717) is 11.6 Å². The minimum Gasteiger partial charge on any atom is -0.267 e. The van der Waals surface area contributed by atoms with Crippen LogP contribution in [0.2, 0.25) is 15.1 Å². The molecule has 0 saturated heterocycles. The van der Waals surface area contributed by atoms with Crippen LogP contribution in [0.5, 0.6) is 0 Å². The number of anilines is 1. The van der Waals surface area contributed by atoms with Gasteiger partial charge in [-0.15, -0.1) is 0 Å². The Morgan fingerprint density at radius 1 is 1.06 bits per heavy atom. The number of carbonyl (C=O) groups is 1. The summed E-state index contributed by atoms with van der Waals surface area (Å²) in [6.45, 7) is 1.52. The fourth-order valence-corrected chi connectivity index (χ4v) is 3.60. The van der Waals surface area contributed by atoms with Gasteiger partial charge in [0.1, 0.15) is 11.7 Å². The third kappa shape index (κ3) is 6.16. The molecule has 12 heteroatoms. The molecule has 1 heterocycles. The lowest BCUT2D eigenvalue weighted by molar-refractivity contribution is -0.139. The van der Waals surface area contributed by atoms with Crippen molar-refractivity contribution in [2.24, 2.45) is 0 Å². The van der Waals surface area contributed by atoms with Crippen LogP contribution in [0.25, 0.3) is 5.83 Å². The van der Waals surface area contributed by atoms with Crippen molar-refractivity contribution in [3.05, 3.63) is 92.2 Å². The van der Waals surface area contributed by atoms with E-state index in [1.165, 1.54) is 37.5 Å². The number of alkyl halides is 3. The molecule has 0 radical (unpaired) electrons. The van der Waals surface area contributed by atoms with Crippen molar-refractivity contribution in [3.63, 3.8) is 0 Å². The number of nitrogens with zero attached hydrogens (tertiary/aromatic N) is 2. The zero-order valence-corrected chi connectivity index (χ0v) is 19.5. The van der Waals surface area contributed by atoms with Crippen molar-refractivity contribution in [2.75, 3.05) is 5.43 Å². The summed E-state index contributed by atoms with van der Waals surface area (Å²) < 4.78 is 56.1. The molecule has 2 aromatic carbocycles. The van der Waals surface area contributed by atoms with Crippen LogP contribution < -0.4 is 10.9 Å². The van der Waals surface area contributed by atoms with Gasteiger partial charge in [0, 0.05) is 23.5 Å². The second-order valence-electron chi connectivity index (χ2n) is 7.01. The first kappa shape index (κ1) is 25.7. The summed E-state index contributed by atoms with van der Waals surface area (Å²) in [5, 5.41) is -0.476. The van der Waals surface area contributed by atoms with Crippen molar-refractivity contribution < 1.29 is 22.4 Å². The molecule has 0 spiro atoms. The smallest absolute Gasteiger partial charge is 0.267 e. The third-order valence-corrected chi connectivity index (χ3v) is 5.83. The fraction of sp³-hybridized carbons (Fsp3) is 0.136. The SMILES string of the molecule is Cc1cc(/C(F)=C/C(c2cc(Cl)c(Cl)c(Cl)c2)C(F)(F)F)ccc1C(=O)NNc1ncccn1. The highest BCUT2D eigenvalue weighted by molar-refractivity contribution is 6.48. The molecule has 1 atom stereocenters. The lowest BCUT2D eigenvalue weighted by Crippen LogP contribution is -2.30. The number of aryl methyl sites for hydroxylation is 1. The highest BCUT2D eigenvalue weighted by Gasteiger charge is 2.40. The van der Waals surface area contributed by atoms with E-state index in [9.17, 15) is 22.4 Å². The molecule has 0 aliphatic carbocycles. The molecule has 0 bridgehead atoms. The summed E-state index contributed by atoms with van der Waals surface area (Å²) in [7, 11) is 0. The van der Waals surface area contributed by atoms with Gasteiger partial charge >= 0.3 is 6.18 Å². The molecule has 0 fully saturated rings. The van der Waals surface area contributed by atoms with Gasteiger partial charge in [0.05, 0.1) is 15.1 Å². The van der Waals surface area contributed by atoms with Crippen molar-refractivity contribution in [2.45, 2.75) is 19.0 Å². The molecule has 0 saturated carbocycles. The Balaban J connectivity index is 1.86. The summed E-state index contributed by atoms with van der Waals surface area (Å²) in [4.78, 5) is 20.1. The summed E-state index contributed by atoms with van der Waals surface area (Å²) in [5.41, 5.74) is 4.89. The van der Waals surface area contributed by atoms with Gasteiger partial charge in [-0.25, -0.2) is 14.4 Å². The summed E-state index contributed by atoms with van der Waals surface area (Å²) in [6.07, 6.45) is -1.48. The van der Waals surface area contributed by atoms with Crippen LogP contribution in [0.15, 0.2) is 54.9 Å². The second-order valence-corrected chi connectivity index (χ2v) is 8.21. The molecular weight excluding hydrogens is 519 g/mol. The van der Waals surface area contributed by atoms with Gasteiger partial charge < -0.3 is 0 Å². The first-order chi connectivity index (χ1) is 16.0. The number of hydrogen-bond acceptors (Lipinski definition) is 4. The van der Waals surface area contributed by atoms with E-state index < -0.39 is 23.8 Å². The largest absolute Gasteiger partial charge is 0.399 e. The zero-order valence-electron chi connectivity index (χ0n) is 17.2. The number of amides is 1. The molecule has 2 N–H and O–H groups in total. The maximum Gasteiger partial charge on any atom is 0.399 e. The number of hydrogen-bond donors (Lipinski definition) is 2. The molecule has 5 nitrogen and oxygen atoms in total. The lowest BCUT2D eigenvalue weighted by Gasteiger charge is -2.19. The number of nitrogens with one attached hydrogen (secondary N) is 2. The molecule has 0 aliphatic heterocycles. The van der Waals surface area contributed by atoms with E-state index in [2.05, 4.69) is 20.8 Å². The van der Waals surface area contributed by atoms with Crippen molar-refractivity contribution in [1.29, 1.82) is 0 Å². The second kappa shape index (κ2) is 10.6. The Morgan fingerprint density at radius 2 is 1.68 bits per heavy atom. The van der Waals surface area contributed by atoms with Gasteiger partial charge in [0.2, 0.25) is 5.95 Å². The Bertz CT molecular complexity index is 1210. The van der Waals surface area contributed by atoms with Crippen molar-refractivity contribution >= 4 is 52.5 Å². The van der Waals surface area contributed by atoms with Crippen molar-refractivity contribution in [3.8, 4) is 0 Å². The molecule has 1 aromatic heterocycles. The van der Waals surface area contributed by atoms with Crippen molar-refractivity contribution in [1.82, 2.24) is 15.4 Å². The topological polar surface area (TPSA) is 66.9 Å². The minimum atomic E-state index is -4.84. The molecule has 3 aromatic rings. The Kier molecular flexibility index (Phi) is 8.01. The van der Waals surface area contributed by atoms with Crippen LogP contribution in [0.4, 0.5) is 23.5 Å². The monoisotopic (exact) mass is 532 g/mol. The Labute approximate surface area is 206 Å². The maximum absolute atomic E-state index is 14.9. The standard InChI is InChI=1S/C22H15Cl3F4N4O/c1-11-7-12(3-4-14(11)20(34)32-33-21-30-5-2-6-31-21)18(26)10-15(22(27,28)29)13-8-16(23)19(25)17(24)9-13/h2-10,15H,1H3,(H,32,34)(H,30,31,33)/b18-10-. The first-order valence-electron chi connectivity index (χ1n) is 9.50. The van der Waals surface area contributed by atoms with E-state index in [0.717, 1.165) is 12.1 Å². The predicted octanol–water partition coefficient (Wildman–Crippen LogP) is 7.16. The maximum atomic E-state index is 14.9. The van der Waals surface area contributed by atoms with Gasteiger partial charge in [-0.1, -0.05) is 40.9 Å². The van der Waals surface area contributed by atoms with Gasteiger partial charge in [0.25, 0.3) is 5.91 Å². The summed E-state index contributed by atoms with van der Waals surface area (Å²) in [5.74, 6) is -3.90. The number of aromatic nitrogens is 2. The fourth-order valence-electron chi connectivity index (χ4n) is 2.99. The van der Waals surface area contributed by atoms with Crippen LogP contribution in [0.3, 0.4) is 0 Å². The Morgan fingerprint density at radius 3 is 2.24 bits per heavy atom. The highest BCUT2D eigenvalue weighted by Crippen LogP contribution is 2.42. The van der Waals surface area contributed by atoms with E-state index in [4.69, 9.17) is 34.8 Å². The number of allylic oxidation sites excluding steroid dienone is 1. The van der Waals surface area contributed by atoms with Gasteiger partial charge in [-0.3, -0.25) is 15.6 Å². The molecule has 0 aliphatic rings. The molecule has 34 heavy (non-hydrogen) atoms. The van der Waals surface area contributed by atoms with E-state index in [1.807, 2.05) is 0 Å². The van der Waals surface area contributed by atoms with E-state index in [-0.39, 0.29) is 37.7 Å². The van der Waals surface area contributed by atoms with Gasteiger partial charge in [-0.2, -0.15) is 13.2 Å². The summed E-state index contributed by atoms with van der Waals surface area (Å²) in [6, 6.07) is 7.31. The lowest BCUT2D eigenvalue weighted by atomic mass is 9.95. The first-order valence-corrected chi connectivity index (χ1v) is 10.6. The molecule has 1 amide bonds. The number of carbonyl (C=O) groups excluding carboxylic acids is 1. The predicted molar refractivity (Wildman–Crippen MR) is 124 cm³/mol. The Hall–Kier alpha value is -2.88. The third-order valence-electron chi connectivity index (χ3n) is 4.63. The van der Waals surface area contributed by atoms with E-state index in [1.54, 1.807) is 6.07 Å². The average molecular weight is 534 g/mol. The van der Waals surface area contributed by atoms with Gasteiger partial charge in [-0.05, 0) is 54.5 Å². The molecule has 178 valence electrons. The number of benzene rings is 2. The zero-order chi connectivity index (χ0) is 25.0. The average Bonchev–Trinajstić information content (AvgIpc) is 2.78. The molecular formula is C22H15Cl3F4N4O. The van der Waals surface area contributed by atoms with Gasteiger partial charge in [0.15, 0.2) is 0 Å². The number of hydrazine groups is 1. The van der Waals surface area contributed by atoms with Crippen LogP contribution in [-0.2, 0) is 0 Å². The minimum absolute atomic E-state index is 0.102. The highest BCUT2D eigenvalue weighted by atomic mass is 35.5. The number of rotatable bonds is 6. The van der Waals surface area contributed by atoms with Crippen LogP contribution in [0.1, 0.15) is 33.0 Å². The molecule has 3 rings (SSSR count).